The Kier molecular flexibility index (Phi) is 7.06. The molecule has 1 fully saturated rings. The molecule has 0 bridgehead atoms. The second-order valence-electron chi connectivity index (χ2n) is 11.3. The van der Waals surface area contributed by atoms with E-state index in [9.17, 15) is 29.5 Å². The maximum Gasteiger partial charge on any atom is 0.416 e. The Morgan fingerprint density at radius 1 is 1.02 bits per heavy atom. The van der Waals surface area contributed by atoms with Crippen LogP contribution >= 0.6 is 11.8 Å². The van der Waals surface area contributed by atoms with Gasteiger partial charge in [-0.15, -0.1) is 11.8 Å². The molecule has 1 N–H and O–H groups in total. The topological polar surface area (TPSA) is 56.2 Å². The number of nitrogens with zero attached hydrogens (tertiary/aromatic N) is 3. The van der Waals surface area contributed by atoms with Gasteiger partial charge in [-0.05, 0) is 59.8 Å². The SMILES string of the molecule is [2H]C([2H])([2H])OCC([2H])([2H])N1C([2H])([2H])C([2H])([2H])C([2H])(N(Cc2ccc(-c3ccc(C(F)(F)F)cc3)cc2)C(=O)CN2C(SC([2H])([2H])c3cccc(F)c3F)=CC(O)c3ccccc32)C([2H])([2H])C1([2H])[2H]. The Hall–Kier alpha value is -4.23. The number of hydrogen-bond donors (Lipinski definition) is 1. The van der Waals surface area contributed by atoms with Gasteiger partial charge in [0.25, 0.3) is 0 Å². The number of carbonyl (C=O) groups is 1. The molecule has 274 valence electrons. The molecule has 0 radical (unpaired) electrons. The first kappa shape index (κ1) is 22.1. The summed E-state index contributed by atoms with van der Waals surface area (Å²) < 4.78 is 213. The smallest absolute Gasteiger partial charge is 0.384 e. The highest BCUT2D eigenvalue weighted by molar-refractivity contribution is 8.02. The molecule has 12 heteroatoms. The van der Waals surface area contributed by atoms with E-state index in [1.165, 1.54) is 48.5 Å². The van der Waals surface area contributed by atoms with Gasteiger partial charge in [0.2, 0.25) is 5.91 Å². The molecule has 0 aliphatic carbocycles. The first-order valence-electron chi connectivity index (χ1n) is 23.4. The molecule has 1 atom stereocenters. The van der Waals surface area contributed by atoms with Gasteiger partial charge in [0, 0.05) is 78.1 Å². The largest absolute Gasteiger partial charge is 0.416 e. The van der Waals surface area contributed by atoms with Crippen molar-refractivity contribution in [2.24, 2.45) is 0 Å². The number of aliphatic hydroxyl groups excluding tert-OH is 1. The van der Waals surface area contributed by atoms with Crippen LogP contribution in [0.5, 0.6) is 0 Å². The van der Waals surface area contributed by atoms with E-state index in [1.807, 2.05) is 0 Å². The van der Waals surface area contributed by atoms with Crippen LogP contribution in [0.25, 0.3) is 11.1 Å². The minimum atomic E-state index is -4.65. The number of carbonyl (C=O) groups excluding carboxylic acids is 1. The van der Waals surface area contributed by atoms with E-state index in [0.717, 1.165) is 53.4 Å². The summed E-state index contributed by atoms with van der Waals surface area (Å²) in [5, 5.41) is 10.8. The van der Waals surface area contributed by atoms with Gasteiger partial charge in [-0.3, -0.25) is 4.79 Å². The molecule has 2 heterocycles. The van der Waals surface area contributed by atoms with E-state index in [-0.39, 0.29) is 44.1 Å². The monoisotopic (exact) mass is 753 g/mol. The number of para-hydroxylation sites is 1. The van der Waals surface area contributed by atoms with Crippen LogP contribution in [0, 0.1) is 11.6 Å². The van der Waals surface area contributed by atoms with Gasteiger partial charge in [0.15, 0.2) is 11.6 Å². The summed E-state index contributed by atoms with van der Waals surface area (Å²) in [5.74, 6) is -4.47. The van der Waals surface area contributed by atoms with Crippen LogP contribution in [0.4, 0.5) is 27.6 Å². The van der Waals surface area contributed by atoms with Crippen molar-refractivity contribution in [3.05, 3.63) is 136 Å². The second kappa shape index (κ2) is 16.6. The lowest BCUT2D eigenvalue weighted by Crippen LogP contribution is -2.50. The number of benzene rings is 4. The molecule has 6 rings (SSSR count). The van der Waals surface area contributed by atoms with Gasteiger partial charge < -0.3 is 24.5 Å². The number of methoxy groups -OCH3 is 1. The number of rotatable bonds is 12. The van der Waals surface area contributed by atoms with E-state index >= 15 is 9.18 Å². The van der Waals surface area contributed by atoms with Crippen LogP contribution in [-0.2, 0) is 28.0 Å². The zero-order chi connectivity index (χ0) is 51.0. The van der Waals surface area contributed by atoms with E-state index in [2.05, 4.69) is 4.74 Å². The van der Waals surface area contributed by atoms with Gasteiger partial charge in [-0.2, -0.15) is 13.2 Å². The maximum absolute atomic E-state index is 15.2. The lowest BCUT2D eigenvalue weighted by molar-refractivity contribution is -0.137. The number of piperidine rings is 1. The predicted octanol–water partition coefficient (Wildman–Crippen LogP) is 8.42. The molecule has 4 aromatic rings. The van der Waals surface area contributed by atoms with Crippen LogP contribution in [-0.4, -0.2) is 66.5 Å². The molecule has 6 nitrogen and oxygen atoms in total. The number of aliphatic hydroxyl groups is 1. The van der Waals surface area contributed by atoms with Crippen LogP contribution in [0.15, 0.2) is 102 Å². The summed E-state index contributed by atoms with van der Waals surface area (Å²) in [7, 11) is -3.36. The standard InChI is InChI=1S/C40H40F5N3O3S/c1-51-22-21-46-19-17-32(18-20-46)47(24-27-9-11-28(12-10-27)29-13-15-31(16-14-29)40(43,44)45)37(50)25-48-35-8-3-2-6-33(35)36(49)23-38(48)52-26-30-5-4-7-34(41)39(30)42/h2-16,23,32,36,49H,17-22,24-26H2,1H3/i1D3,17D2,18D2,19D2,20D2,21D2,26D2,32D. The summed E-state index contributed by atoms with van der Waals surface area (Å²) in [6.07, 6.45) is -13.6. The fourth-order valence-corrected chi connectivity index (χ4v) is 6.14. The molecule has 4 aromatic carbocycles. The van der Waals surface area contributed by atoms with E-state index in [0.29, 0.717) is 5.56 Å². The number of alkyl halides is 3. The van der Waals surface area contributed by atoms with Crippen molar-refractivity contribution in [3.8, 4) is 11.1 Å². The normalized spacial score (nSPS) is 26.6. The number of anilines is 1. The van der Waals surface area contributed by atoms with Crippen LogP contribution in [0.2, 0.25) is 0 Å². The van der Waals surface area contributed by atoms with Crippen LogP contribution in [0.3, 0.4) is 0 Å². The highest BCUT2D eigenvalue weighted by atomic mass is 32.2. The third-order valence-electron chi connectivity index (χ3n) is 7.90. The Balaban J connectivity index is 1.50. The molecule has 0 saturated carbocycles. The molecular formula is C40H40F5N3O3S. The number of amides is 1. The Labute approximate surface area is 327 Å². The molecule has 2 aliphatic heterocycles. The highest BCUT2D eigenvalue weighted by Gasteiger charge is 2.33. The molecule has 2 aliphatic rings. The van der Waals surface area contributed by atoms with Crippen molar-refractivity contribution in [2.75, 3.05) is 44.6 Å². The zero-order valence-electron chi connectivity index (χ0n) is 42.8. The van der Waals surface area contributed by atoms with Crippen molar-refractivity contribution in [2.45, 2.75) is 43.3 Å². The van der Waals surface area contributed by atoms with Crippen molar-refractivity contribution in [1.29, 1.82) is 0 Å². The average molecular weight is 754 g/mol. The zero-order valence-corrected chi connectivity index (χ0v) is 27.7. The lowest BCUT2D eigenvalue weighted by atomic mass is 9.99. The Morgan fingerprint density at radius 3 is 2.40 bits per heavy atom. The third-order valence-corrected chi connectivity index (χ3v) is 8.79. The fraction of sp³-hybridized carbons (Fsp3) is 0.325. The predicted molar refractivity (Wildman–Crippen MR) is 193 cm³/mol. The summed E-state index contributed by atoms with van der Waals surface area (Å²) in [6.45, 7) is -15.9. The number of thioether (sulfide) groups is 1. The summed E-state index contributed by atoms with van der Waals surface area (Å²) >= 11 is 0.182. The first-order valence-corrected chi connectivity index (χ1v) is 16.3. The number of likely N-dealkylation sites (tertiary alicyclic amines) is 1. The molecule has 0 aromatic heterocycles. The molecule has 0 spiro atoms. The molecule has 1 amide bonds. The fourth-order valence-electron chi connectivity index (χ4n) is 5.30. The van der Waals surface area contributed by atoms with Gasteiger partial charge in [-0.1, -0.05) is 66.7 Å². The number of ether oxygens (including phenoxy) is 1. The Morgan fingerprint density at radius 2 is 1.71 bits per heavy atom. The minimum absolute atomic E-state index is 0.0392. The Bertz CT molecular complexity index is 2540. The van der Waals surface area contributed by atoms with Crippen LogP contribution < -0.4 is 4.90 Å². The lowest BCUT2D eigenvalue weighted by Gasteiger charge is -2.40. The third kappa shape index (κ3) is 8.86. The van der Waals surface area contributed by atoms with Crippen molar-refractivity contribution < 1.29 is 58.5 Å². The number of hydrogen-bond acceptors (Lipinski definition) is 6. The molecule has 1 unspecified atom stereocenters. The van der Waals surface area contributed by atoms with Crippen molar-refractivity contribution >= 4 is 23.4 Å². The van der Waals surface area contributed by atoms with Gasteiger partial charge >= 0.3 is 6.18 Å². The summed E-state index contributed by atoms with van der Waals surface area (Å²) in [4.78, 5) is 15.8. The number of fused-ring (bicyclic) bond motifs is 1. The molecule has 52 heavy (non-hydrogen) atoms. The van der Waals surface area contributed by atoms with Crippen molar-refractivity contribution in [3.63, 3.8) is 0 Å². The maximum atomic E-state index is 15.2. The van der Waals surface area contributed by atoms with Gasteiger partial charge in [0.1, 0.15) is 12.6 Å². The highest BCUT2D eigenvalue weighted by Crippen LogP contribution is 2.41. The number of halogens is 5. The molecular weight excluding hydrogens is 698 g/mol. The van der Waals surface area contributed by atoms with E-state index in [1.54, 1.807) is 0 Å². The van der Waals surface area contributed by atoms with Gasteiger partial charge in [0.05, 0.1) is 22.7 Å². The molecule has 1 saturated heterocycles. The quantitative estimate of drug-likeness (QED) is 0.147. The van der Waals surface area contributed by atoms with E-state index in [4.69, 9.17) is 15.1 Å². The van der Waals surface area contributed by atoms with E-state index < -0.39 is 117 Å². The van der Waals surface area contributed by atoms with Gasteiger partial charge in [-0.25, -0.2) is 8.78 Å². The second-order valence-corrected chi connectivity index (χ2v) is 12.1. The van der Waals surface area contributed by atoms with Crippen molar-refractivity contribution in [1.82, 2.24) is 9.80 Å². The summed E-state index contributed by atoms with van der Waals surface area (Å²) in [5.41, 5.74) is -4.07. The minimum Gasteiger partial charge on any atom is -0.384 e. The average Bonchev–Trinajstić information content (AvgIpc) is 3.22. The first-order chi connectivity index (χ1) is 31.0. The summed E-state index contributed by atoms with van der Waals surface area (Å²) in [6, 6.07) is 13.4. The van der Waals surface area contributed by atoms with Crippen LogP contribution in [0.1, 0.15) is 63.0 Å².